The molecule has 1 aromatic heterocycles. The summed E-state index contributed by atoms with van der Waals surface area (Å²) in [5.74, 6) is 1.16. The van der Waals surface area contributed by atoms with Crippen molar-refractivity contribution in [2.45, 2.75) is 59.5 Å². The molecule has 0 saturated carbocycles. The lowest BCUT2D eigenvalue weighted by molar-refractivity contribution is 0.212. The van der Waals surface area contributed by atoms with Crippen molar-refractivity contribution < 1.29 is 0 Å². The summed E-state index contributed by atoms with van der Waals surface area (Å²) in [6.07, 6.45) is 2.09. The first-order valence-corrected chi connectivity index (χ1v) is 7.57. The molecular weight excluding hydrogens is 246 g/mol. The summed E-state index contributed by atoms with van der Waals surface area (Å²) in [6.45, 7) is 11.1. The molecular formula is C17H27N3. The van der Waals surface area contributed by atoms with E-state index in [0.717, 1.165) is 24.2 Å². The van der Waals surface area contributed by atoms with Gasteiger partial charge in [0.25, 0.3) is 0 Å². The molecule has 0 amide bonds. The van der Waals surface area contributed by atoms with Gasteiger partial charge in [-0.3, -0.25) is 0 Å². The van der Waals surface area contributed by atoms with Crippen molar-refractivity contribution in [1.82, 2.24) is 9.55 Å². The van der Waals surface area contributed by atoms with Gasteiger partial charge in [0.05, 0.1) is 17.1 Å². The minimum Gasteiger partial charge on any atom is -0.326 e. The molecule has 1 heterocycles. The number of hydrogen-bond donors (Lipinski definition) is 1. The maximum Gasteiger partial charge on any atom is 0.110 e. The van der Waals surface area contributed by atoms with Crippen molar-refractivity contribution in [2.24, 2.45) is 11.1 Å². The zero-order valence-corrected chi connectivity index (χ0v) is 13.4. The fraction of sp³-hybridized carbons (Fsp3) is 0.588. The maximum absolute atomic E-state index is 6.32. The van der Waals surface area contributed by atoms with Gasteiger partial charge in [-0.1, -0.05) is 39.8 Å². The summed E-state index contributed by atoms with van der Waals surface area (Å²) >= 11 is 0. The zero-order valence-electron chi connectivity index (χ0n) is 13.4. The molecule has 2 N–H and O–H groups in total. The number of para-hydroxylation sites is 2. The summed E-state index contributed by atoms with van der Waals surface area (Å²) in [7, 11) is 0. The lowest BCUT2D eigenvalue weighted by Crippen LogP contribution is -2.39. The molecule has 20 heavy (non-hydrogen) atoms. The molecule has 0 aliphatic heterocycles. The Balaban J connectivity index is 2.68. The van der Waals surface area contributed by atoms with E-state index in [2.05, 4.69) is 57.4 Å². The Morgan fingerprint density at radius 1 is 1.25 bits per heavy atom. The van der Waals surface area contributed by atoms with Gasteiger partial charge in [0, 0.05) is 12.5 Å². The highest BCUT2D eigenvalue weighted by Gasteiger charge is 2.32. The number of aryl methyl sites for hydroxylation is 1. The second-order valence-electron chi connectivity index (χ2n) is 6.81. The topological polar surface area (TPSA) is 43.8 Å². The molecule has 3 heteroatoms. The Kier molecular flexibility index (Phi) is 4.19. The van der Waals surface area contributed by atoms with E-state index in [1.807, 2.05) is 6.07 Å². The molecule has 0 saturated heterocycles. The van der Waals surface area contributed by atoms with Gasteiger partial charge in [0.2, 0.25) is 0 Å². The van der Waals surface area contributed by atoms with Crippen LogP contribution in [0, 0.1) is 5.41 Å². The van der Waals surface area contributed by atoms with E-state index in [1.54, 1.807) is 0 Å². The number of imidazole rings is 1. The SMILES string of the molecule is CCCc1nc2ccccc2n1C(C(C)N)C(C)(C)C. The summed E-state index contributed by atoms with van der Waals surface area (Å²) in [6, 6.07) is 8.71. The van der Waals surface area contributed by atoms with E-state index in [0.29, 0.717) is 0 Å². The van der Waals surface area contributed by atoms with Crippen LogP contribution >= 0.6 is 0 Å². The monoisotopic (exact) mass is 273 g/mol. The summed E-state index contributed by atoms with van der Waals surface area (Å²) in [5.41, 5.74) is 8.70. The van der Waals surface area contributed by atoms with Crippen molar-refractivity contribution in [3.05, 3.63) is 30.1 Å². The number of nitrogens with two attached hydrogens (primary N) is 1. The van der Waals surface area contributed by atoms with Crippen LogP contribution in [0.3, 0.4) is 0 Å². The van der Waals surface area contributed by atoms with E-state index in [-0.39, 0.29) is 17.5 Å². The molecule has 3 nitrogen and oxygen atoms in total. The summed E-state index contributed by atoms with van der Waals surface area (Å²) in [4.78, 5) is 4.83. The number of rotatable bonds is 4. The van der Waals surface area contributed by atoms with Crippen LogP contribution in [0.1, 0.15) is 52.9 Å². The van der Waals surface area contributed by atoms with Crippen LogP contribution < -0.4 is 5.73 Å². The quantitative estimate of drug-likeness (QED) is 0.917. The molecule has 0 spiro atoms. The van der Waals surface area contributed by atoms with Crippen LogP contribution in [-0.4, -0.2) is 15.6 Å². The van der Waals surface area contributed by atoms with Gasteiger partial charge in [0.1, 0.15) is 5.82 Å². The molecule has 110 valence electrons. The lowest BCUT2D eigenvalue weighted by atomic mass is 9.82. The summed E-state index contributed by atoms with van der Waals surface area (Å²) < 4.78 is 2.38. The van der Waals surface area contributed by atoms with Crippen molar-refractivity contribution >= 4 is 11.0 Å². The molecule has 2 unspecified atom stereocenters. The van der Waals surface area contributed by atoms with Crippen molar-refractivity contribution in [1.29, 1.82) is 0 Å². The number of nitrogens with zero attached hydrogens (tertiary/aromatic N) is 2. The fourth-order valence-electron chi connectivity index (χ4n) is 3.22. The maximum atomic E-state index is 6.32. The second kappa shape index (κ2) is 5.57. The minimum absolute atomic E-state index is 0.0863. The van der Waals surface area contributed by atoms with Gasteiger partial charge in [-0.05, 0) is 30.9 Å². The van der Waals surface area contributed by atoms with Crippen molar-refractivity contribution in [3.63, 3.8) is 0 Å². The van der Waals surface area contributed by atoms with E-state index >= 15 is 0 Å². The van der Waals surface area contributed by atoms with Crippen molar-refractivity contribution in [3.8, 4) is 0 Å². The van der Waals surface area contributed by atoms with Crippen LogP contribution in [0.15, 0.2) is 24.3 Å². The lowest BCUT2D eigenvalue weighted by Gasteiger charge is -2.36. The molecule has 2 rings (SSSR count). The normalized spacial score (nSPS) is 15.5. The average molecular weight is 273 g/mol. The largest absolute Gasteiger partial charge is 0.326 e. The summed E-state index contributed by atoms with van der Waals surface area (Å²) in [5, 5.41) is 0. The van der Waals surface area contributed by atoms with Crippen LogP contribution in [0.4, 0.5) is 0 Å². The van der Waals surface area contributed by atoms with Crippen LogP contribution in [-0.2, 0) is 6.42 Å². The van der Waals surface area contributed by atoms with Gasteiger partial charge in [-0.25, -0.2) is 4.98 Å². The highest BCUT2D eigenvalue weighted by Crippen LogP contribution is 2.36. The predicted molar refractivity (Wildman–Crippen MR) is 85.9 cm³/mol. The van der Waals surface area contributed by atoms with Gasteiger partial charge >= 0.3 is 0 Å². The third kappa shape index (κ3) is 2.73. The zero-order chi connectivity index (χ0) is 14.9. The Morgan fingerprint density at radius 3 is 2.45 bits per heavy atom. The van der Waals surface area contributed by atoms with Crippen LogP contribution in [0.25, 0.3) is 11.0 Å². The third-order valence-corrected chi connectivity index (χ3v) is 3.81. The first-order chi connectivity index (χ1) is 9.36. The smallest absolute Gasteiger partial charge is 0.110 e. The third-order valence-electron chi connectivity index (χ3n) is 3.81. The minimum atomic E-state index is 0.0863. The molecule has 0 radical (unpaired) electrons. The highest BCUT2D eigenvalue weighted by atomic mass is 15.1. The highest BCUT2D eigenvalue weighted by molar-refractivity contribution is 5.76. The van der Waals surface area contributed by atoms with Crippen molar-refractivity contribution in [2.75, 3.05) is 0 Å². The number of aromatic nitrogens is 2. The first-order valence-electron chi connectivity index (χ1n) is 7.57. The Labute approximate surface area is 122 Å². The van der Waals surface area contributed by atoms with E-state index in [9.17, 15) is 0 Å². The molecule has 0 fully saturated rings. The Morgan fingerprint density at radius 2 is 1.90 bits per heavy atom. The van der Waals surface area contributed by atoms with Crippen LogP contribution in [0.2, 0.25) is 0 Å². The van der Waals surface area contributed by atoms with Crippen LogP contribution in [0.5, 0.6) is 0 Å². The predicted octanol–water partition coefficient (Wildman–Crippen LogP) is 3.92. The first kappa shape index (κ1) is 15.0. The number of hydrogen-bond acceptors (Lipinski definition) is 2. The molecule has 2 atom stereocenters. The number of fused-ring (bicyclic) bond motifs is 1. The average Bonchev–Trinajstić information content (AvgIpc) is 2.67. The number of benzene rings is 1. The molecule has 0 aliphatic carbocycles. The fourth-order valence-corrected chi connectivity index (χ4v) is 3.22. The standard InChI is InChI=1S/C17H27N3/c1-6-9-15-19-13-10-7-8-11-14(13)20(15)16(12(2)18)17(3,4)5/h7-8,10-12,16H,6,9,18H2,1-5H3. The van der Waals surface area contributed by atoms with Gasteiger partial charge in [-0.15, -0.1) is 0 Å². The van der Waals surface area contributed by atoms with Gasteiger partial charge < -0.3 is 10.3 Å². The molecule has 0 bridgehead atoms. The molecule has 0 aliphatic rings. The van der Waals surface area contributed by atoms with Gasteiger partial charge in [-0.2, -0.15) is 0 Å². The molecule has 2 aromatic rings. The Bertz CT molecular complexity index is 575. The van der Waals surface area contributed by atoms with E-state index in [1.165, 1.54) is 5.52 Å². The Hall–Kier alpha value is -1.35. The van der Waals surface area contributed by atoms with Gasteiger partial charge in [0.15, 0.2) is 0 Å². The second-order valence-corrected chi connectivity index (χ2v) is 6.81. The van der Waals surface area contributed by atoms with E-state index in [4.69, 9.17) is 10.7 Å². The molecule has 1 aromatic carbocycles. The van der Waals surface area contributed by atoms with E-state index < -0.39 is 0 Å².